The maximum Gasteiger partial charge on any atom is 0.276 e. The average Bonchev–Trinajstić information content (AvgIpc) is 2.88. The highest BCUT2D eigenvalue weighted by atomic mass is 35.5. The first-order valence-electron chi connectivity index (χ1n) is 7.34. The fourth-order valence-electron chi connectivity index (χ4n) is 3.05. The van der Waals surface area contributed by atoms with E-state index in [0.29, 0.717) is 33.3 Å². The Morgan fingerprint density at radius 2 is 2.08 bits per heavy atom. The molecule has 24 heavy (non-hydrogen) atoms. The first-order chi connectivity index (χ1) is 11.5. The summed E-state index contributed by atoms with van der Waals surface area (Å²) in [4.78, 5) is 35.7. The molecule has 0 bridgehead atoms. The third-order valence-corrected chi connectivity index (χ3v) is 4.36. The van der Waals surface area contributed by atoms with E-state index in [-0.39, 0.29) is 11.8 Å². The lowest BCUT2D eigenvalue weighted by molar-refractivity contribution is -0.115. The SMILES string of the molecule is CC(=O)N1c2ncccc2N(C)C(=O)c2[nH]c3ccc(Cl)cc3c21. The summed E-state index contributed by atoms with van der Waals surface area (Å²) in [5.74, 6) is -0.0593. The molecule has 3 aromatic rings. The van der Waals surface area contributed by atoms with Crippen molar-refractivity contribution < 1.29 is 9.59 Å². The number of hydrogen-bond acceptors (Lipinski definition) is 3. The van der Waals surface area contributed by atoms with Crippen LogP contribution in [0.15, 0.2) is 36.5 Å². The number of aromatic amines is 1. The maximum absolute atomic E-state index is 12.9. The zero-order valence-electron chi connectivity index (χ0n) is 13.0. The lowest BCUT2D eigenvalue weighted by atomic mass is 10.2. The maximum atomic E-state index is 12.9. The number of carbonyl (C=O) groups excluding carboxylic acids is 2. The number of amides is 2. The van der Waals surface area contributed by atoms with Crippen LogP contribution in [0.25, 0.3) is 10.9 Å². The molecular formula is C17H13ClN4O2. The molecule has 0 fully saturated rings. The van der Waals surface area contributed by atoms with E-state index in [1.165, 1.54) is 16.7 Å². The minimum Gasteiger partial charge on any atom is -0.349 e. The number of benzene rings is 1. The largest absolute Gasteiger partial charge is 0.349 e. The van der Waals surface area contributed by atoms with Gasteiger partial charge in [0.2, 0.25) is 5.91 Å². The van der Waals surface area contributed by atoms with Crippen LogP contribution in [0.4, 0.5) is 17.2 Å². The molecule has 0 aliphatic carbocycles. The summed E-state index contributed by atoms with van der Waals surface area (Å²) in [6, 6.07) is 8.76. The topological polar surface area (TPSA) is 69.3 Å². The lowest BCUT2D eigenvalue weighted by Crippen LogP contribution is -2.26. The molecule has 0 atom stereocenters. The van der Waals surface area contributed by atoms with Gasteiger partial charge in [0.05, 0.1) is 11.4 Å². The number of hydrogen-bond donors (Lipinski definition) is 1. The van der Waals surface area contributed by atoms with Crippen molar-refractivity contribution in [2.45, 2.75) is 6.92 Å². The molecule has 7 heteroatoms. The van der Waals surface area contributed by atoms with Gasteiger partial charge in [-0.1, -0.05) is 11.6 Å². The molecule has 1 aromatic carbocycles. The number of fused-ring (bicyclic) bond motifs is 4. The summed E-state index contributed by atoms with van der Waals surface area (Å²) < 4.78 is 0. The van der Waals surface area contributed by atoms with Gasteiger partial charge in [-0.05, 0) is 30.3 Å². The van der Waals surface area contributed by atoms with Crippen molar-refractivity contribution >= 4 is 51.5 Å². The first kappa shape index (κ1) is 14.7. The number of nitrogens with zero attached hydrogens (tertiary/aromatic N) is 3. The molecule has 0 spiro atoms. The van der Waals surface area contributed by atoms with Gasteiger partial charge in [-0.2, -0.15) is 0 Å². The average molecular weight is 341 g/mol. The van der Waals surface area contributed by atoms with Gasteiger partial charge in [0, 0.05) is 36.1 Å². The third-order valence-electron chi connectivity index (χ3n) is 4.13. The van der Waals surface area contributed by atoms with E-state index < -0.39 is 0 Å². The van der Waals surface area contributed by atoms with Gasteiger partial charge >= 0.3 is 0 Å². The number of H-pyrrole nitrogens is 1. The monoisotopic (exact) mass is 340 g/mol. The van der Waals surface area contributed by atoms with E-state index in [2.05, 4.69) is 9.97 Å². The standard InChI is InChI=1S/C17H13ClN4O2/c1-9(23)22-15-11-8-10(18)5-6-12(11)20-14(15)17(24)21(2)13-4-3-7-19-16(13)22/h3-8,20H,1-2H3. The van der Waals surface area contributed by atoms with E-state index in [9.17, 15) is 9.59 Å². The Morgan fingerprint density at radius 3 is 2.83 bits per heavy atom. The van der Waals surface area contributed by atoms with Crippen LogP contribution in [0, 0.1) is 0 Å². The Morgan fingerprint density at radius 1 is 1.29 bits per heavy atom. The van der Waals surface area contributed by atoms with Crippen LogP contribution in [-0.2, 0) is 4.79 Å². The predicted molar refractivity (Wildman–Crippen MR) is 93.1 cm³/mol. The predicted octanol–water partition coefficient (Wildman–Crippen LogP) is 3.49. The second-order valence-corrected chi connectivity index (χ2v) is 6.04. The van der Waals surface area contributed by atoms with Crippen molar-refractivity contribution in [2.24, 2.45) is 0 Å². The second kappa shape index (κ2) is 5.07. The van der Waals surface area contributed by atoms with Gasteiger partial charge in [0.15, 0.2) is 5.82 Å². The van der Waals surface area contributed by atoms with Crippen LogP contribution in [0.3, 0.4) is 0 Å². The summed E-state index contributed by atoms with van der Waals surface area (Å²) >= 11 is 6.12. The third kappa shape index (κ3) is 1.93. The Kier molecular flexibility index (Phi) is 3.11. The highest BCUT2D eigenvalue weighted by Gasteiger charge is 2.34. The molecule has 6 nitrogen and oxygen atoms in total. The molecule has 2 aromatic heterocycles. The molecule has 0 unspecified atom stereocenters. The first-order valence-corrected chi connectivity index (χ1v) is 7.72. The van der Waals surface area contributed by atoms with Crippen LogP contribution < -0.4 is 9.80 Å². The molecule has 0 saturated heterocycles. The van der Waals surface area contributed by atoms with Crippen LogP contribution in [0.2, 0.25) is 5.02 Å². The Hall–Kier alpha value is -2.86. The Bertz CT molecular complexity index is 1010. The minimum absolute atomic E-state index is 0.236. The fourth-order valence-corrected chi connectivity index (χ4v) is 3.22. The van der Waals surface area contributed by atoms with Gasteiger partial charge in [0.25, 0.3) is 5.91 Å². The number of aromatic nitrogens is 2. The molecule has 3 heterocycles. The molecule has 1 aliphatic heterocycles. The molecule has 4 rings (SSSR count). The number of pyridine rings is 1. The molecular weight excluding hydrogens is 328 g/mol. The summed E-state index contributed by atoms with van der Waals surface area (Å²) in [6.45, 7) is 1.45. The highest BCUT2D eigenvalue weighted by Crippen LogP contribution is 2.43. The Balaban J connectivity index is 2.15. The zero-order chi connectivity index (χ0) is 17.0. The van der Waals surface area contributed by atoms with Crippen LogP contribution in [0.1, 0.15) is 17.4 Å². The smallest absolute Gasteiger partial charge is 0.276 e. The van der Waals surface area contributed by atoms with Crippen molar-refractivity contribution in [3.8, 4) is 0 Å². The highest BCUT2D eigenvalue weighted by molar-refractivity contribution is 6.32. The van der Waals surface area contributed by atoms with E-state index in [0.717, 1.165) is 5.52 Å². The van der Waals surface area contributed by atoms with Gasteiger partial charge in [-0.15, -0.1) is 0 Å². The van der Waals surface area contributed by atoms with E-state index in [1.54, 1.807) is 43.6 Å². The van der Waals surface area contributed by atoms with Gasteiger partial charge in [-0.25, -0.2) is 4.98 Å². The summed E-state index contributed by atoms with van der Waals surface area (Å²) in [5, 5.41) is 1.23. The number of nitrogens with one attached hydrogen (secondary N) is 1. The molecule has 0 radical (unpaired) electrons. The normalized spacial score (nSPS) is 13.7. The van der Waals surface area contributed by atoms with Crippen LogP contribution in [0.5, 0.6) is 0 Å². The van der Waals surface area contributed by atoms with Crippen molar-refractivity contribution in [1.82, 2.24) is 9.97 Å². The van der Waals surface area contributed by atoms with E-state index in [4.69, 9.17) is 11.6 Å². The number of anilines is 3. The minimum atomic E-state index is -0.240. The number of carbonyl (C=O) groups is 2. The lowest BCUT2D eigenvalue weighted by Gasteiger charge is -2.21. The zero-order valence-corrected chi connectivity index (χ0v) is 13.8. The fraction of sp³-hybridized carbons (Fsp3) is 0.118. The molecule has 0 saturated carbocycles. The van der Waals surface area contributed by atoms with Crippen LogP contribution >= 0.6 is 11.6 Å². The molecule has 2 amide bonds. The number of rotatable bonds is 0. The number of halogens is 1. The quantitative estimate of drug-likeness (QED) is 0.681. The molecule has 120 valence electrons. The van der Waals surface area contributed by atoms with Gasteiger partial charge < -0.3 is 9.88 Å². The van der Waals surface area contributed by atoms with Crippen molar-refractivity contribution in [2.75, 3.05) is 16.8 Å². The van der Waals surface area contributed by atoms with Gasteiger partial charge in [0.1, 0.15) is 5.69 Å². The van der Waals surface area contributed by atoms with Crippen LogP contribution in [-0.4, -0.2) is 28.8 Å². The molecule has 1 N–H and O–H groups in total. The van der Waals surface area contributed by atoms with E-state index >= 15 is 0 Å². The van der Waals surface area contributed by atoms with Gasteiger partial charge in [-0.3, -0.25) is 14.5 Å². The molecule has 1 aliphatic rings. The summed E-state index contributed by atoms with van der Waals surface area (Å²) in [6.07, 6.45) is 1.60. The van der Waals surface area contributed by atoms with Crippen molar-refractivity contribution in [1.29, 1.82) is 0 Å². The summed E-state index contributed by atoms with van der Waals surface area (Å²) in [5.41, 5.74) is 2.12. The van der Waals surface area contributed by atoms with Crippen molar-refractivity contribution in [3.05, 3.63) is 47.2 Å². The van der Waals surface area contributed by atoms with E-state index in [1.807, 2.05) is 0 Å². The Labute approximate surface area is 142 Å². The van der Waals surface area contributed by atoms with Crippen molar-refractivity contribution in [3.63, 3.8) is 0 Å². The summed E-state index contributed by atoms with van der Waals surface area (Å²) in [7, 11) is 1.66. The second-order valence-electron chi connectivity index (χ2n) is 5.60.